The number of hydrogen-bond donors (Lipinski definition) is 0. The number of amides is 1. The second-order valence-corrected chi connectivity index (χ2v) is 6.18. The second-order valence-electron chi connectivity index (χ2n) is 6.18. The number of anilines is 1. The van der Waals surface area contributed by atoms with Crippen molar-refractivity contribution in [2.24, 2.45) is 0 Å². The summed E-state index contributed by atoms with van der Waals surface area (Å²) in [6, 6.07) is 18.6. The summed E-state index contributed by atoms with van der Waals surface area (Å²) in [5, 5.41) is 17.9. The summed E-state index contributed by atoms with van der Waals surface area (Å²) >= 11 is 0. The Kier molecular flexibility index (Phi) is 4.79. The Balaban J connectivity index is 1.70. The van der Waals surface area contributed by atoms with Crippen LogP contribution in [0.3, 0.4) is 0 Å². The van der Waals surface area contributed by atoms with E-state index < -0.39 is 0 Å². The fraction of sp³-hybridized carbons (Fsp3) is 0.250. The van der Waals surface area contributed by atoms with Gasteiger partial charge in [0, 0.05) is 18.8 Å². The number of nitrogens with zero attached hydrogens (tertiary/aromatic N) is 4. The molecule has 1 saturated heterocycles. The van der Waals surface area contributed by atoms with Crippen molar-refractivity contribution in [1.29, 1.82) is 10.5 Å². The third-order valence-electron chi connectivity index (χ3n) is 4.51. The summed E-state index contributed by atoms with van der Waals surface area (Å²) in [4.78, 5) is 16.6. The van der Waals surface area contributed by atoms with Gasteiger partial charge < -0.3 is 4.90 Å². The quantitative estimate of drug-likeness (QED) is 0.864. The van der Waals surface area contributed by atoms with Crippen molar-refractivity contribution < 1.29 is 4.79 Å². The van der Waals surface area contributed by atoms with Crippen molar-refractivity contribution in [3.8, 4) is 12.1 Å². The Labute approximate surface area is 147 Å². The van der Waals surface area contributed by atoms with E-state index in [4.69, 9.17) is 10.5 Å². The Morgan fingerprint density at radius 1 is 1.12 bits per heavy atom. The van der Waals surface area contributed by atoms with Gasteiger partial charge in [0.1, 0.15) is 0 Å². The Morgan fingerprint density at radius 3 is 2.52 bits per heavy atom. The van der Waals surface area contributed by atoms with E-state index in [1.54, 1.807) is 23.1 Å². The van der Waals surface area contributed by atoms with Gasteiger partial charge in [0.15, 0.2) is 0 Å². The van der Waals surface area contributed by atoms with Gasteiger partial charge in [-0.05, 0) is 55.4 Å². The molecule has 1 atom stereocenters. The lowest BCUT2D eigenvalue weighted by Gasteiger charge is -2.24. The number of likely N-dealkylation sites (N-methyl/N-ethyl adjacent to an activating group) is 1. The fourth-order valence-corrected chi connectivity index (χ4v) is 3.18. The van der Waals surface area contributed by atoms with Crippen LogP contribution in [-0.4, -0.2) is 30.4 Å². The molecule has 0 radical (unpaired) electrons. The number of carbonyl (C=O) groups is 1. The summed E-state index contributed by atoms with van der Waals surface area (Å²) in [5.41, 5.74) is 3.06. The molecule has 1 unspecified atom stereocenters. The van der Waals surface area contributed by atoms with E-state index >= 15 is 0 Å². The first-order valence-electron chi connectivity index (χ1n) is 8.13. The second kappa shape index (κ2) is 7.17. The van der Waals surface area contributed by atoms with Gasteiger partial charge in [0.2, 0.25) is 5.91 Å². The maximum atomic E-state index is 12.8. The number of benzene rings is 2. The van der Waals surface area contributed by atoms with E-state index in [2.05, 4.69) is 12.1 Å². The Morgan fingerprint density at radius 2 is 1.84 bits per heavy atom. The largest absolute Gasteiger partial charge is 0.311 e. The van der Waals surface area contributed by atoms with Gasteiger partial charge >= 0.3 is 0 Å². The smallest absolute Gasteiger partial charge is 0.244 e. The summed E-state index contributed by atoms with van der Waals surface area (Å²) in [5.74, 6) is 0.0728. The van der Waals surface area contributed by atoms with E-state index in [0.29, 0.717) is 24.2 Å². The van der Waals surface area contributed by atoms with Crippen LogP contribution in [0.4, 0.5) is 5.69 Å². The number of hydrogen-bond acceptors (Lipinski definition) is 4. The third-order valence-corrected chi connectivity index (χ3v) is 4.51. The van der Waals surface area contributed by atoms with Gasteiger partial charge in [0.25, 0.3) is 0 Å². The van der Waals surface area contributed by atoms with Gasteiger partial charge in [-0.15, -0.1) is 0 Å². The zero-order chi connectivity index (χ0) is 17.8. The van der Waals surface area contributed by atoms with Crippen LogP contribution in [0.5, 0.6) is 0 Å². The number of nitriles is 2. The molecule has 25 heavy (non-hydrogen) atoms. The third kappa shape index (κ3) is 3.52. The lowest BCUT2D eigenvalue weighted by molar-refractivity contribution is -0.121. The average molecular weight is 330 g/mol. The molecule has 5 heteroatoms. The zero-order valence-electron chi connectivity index (χ0n) is 14.0. The predicted octanol–water partition coefficient (Wildman–Crippen LogP) is 2.67. The molecule has 1 fully saturated rings. The van der Waals surface area contributed by atoms with Crippen LogP contribution in [0.15, 0.2) is 48.5 Å². The highest BCUT2D eigenvalue weighted by Gasteiger charge is 2.35. The van der Waals surface area contributed by atoms with Crippen molar-refractivity contribution in [3.05, 3.63) is 65.2 Å². The average Bonchev–Trinajstić information content (AvgIpc) is 3.03. The predicted molar refractivity (Wildman–Crippen MR) is 94.5 cm³/mol. The normalized spacial score (nSPS) is 16.7. The first-order chi connectivity index (χ1) is 12.1. The van der Waals surface area contributed by atoms with Crippen LogP contribution >= 0.6 is 0 Å². The SMILES string of the molecule is CN(Cc1cccc(C#N)c1)C1CCN(c2ccc(C#N)cc2)C1=O. The van der Waals surface area contributed by atoms with Crippen molar-refractivity contribution in [1.82, 2.24) is 4.90 Å². The molecule has 1 amide bonds. The van der Waals surface area contributed by atoms with Crippen LogP contribution < -0.4 is 4.90 Å². The molecule has 3 rings (SSSR count). The molecule has 0 aliphatic carbocycles. The molecule has 1 aliphatic heterocycles. The number of rotatable bonds is 4. The number of carbonyl (C=O) groups excluding carboxylic acids is 1. The summed E-state index contributed by atoms with van der Waals surface area (Å²) in [6.07, 6.45) is 0.757. The molecule has 0 aromatic heterocycles. The van der Waals surface area contributed by atoms with Crippen LogP contribution in [0, 0.1) is 22.7 Å². The lowest BCUT2D eigenvalue weighted by Crippen LogP contribution is -2.39. The molecule has 2 aromatic carbocycles. The molecule has 0 bridgehead atoms. The van der Waals surface area contributed by atoms with E-state index in [1.807, 2.05) is 42.3 Å². The van der Waals surface area contributed by atoms with Gasteiger partial charge in [-0.1, -0.05) is 12.1 Å². The van der Waals surface area contributed by atoms with E-state index in [9.17, 15) is 4.79 Å². The minimum atomic E-state index is -0.179. The maximum absolute atomic E-state index is 12.8. The maximum Gasteiger partial charge on any atom is 0.244 e. The molecular weight excluding hydrogens is 312 g/mol. The lowest BCUT2D eigenvalue weighted by atomic mass is 10.1. The molecule has 1 heterocycles. The minimum Gasteiger partial charge on any atom is -0.311 e. The molecule has 1 aliphatic rings. The molecule has 0 N–H and O–H groups in total. The standard InChI is InChI=1S/C20H18N4O/c1-23(14-17-4-2-3-16(11-17)13-22)19-9-10-24(20(19)25)18-7-5-15(12-21)6-8-18/h2-8,11,19H,9-10,14H2,1H3. The van der Waals surface area contributed by atoms with Crippen LogP contribution in [-0.2, 0) is 11.3 Å². The van der Waals surface area contributed by atoms with Crippen molar-refractivity contribution in [2.45, 2.75) is 19.0 Å². The fourth-order valence-electron chi connectivity index (χ4n) is 3.18. The topological polar surface area (TPSA) is 71.1 Å². The highest BCUT2D eigenvalue weighted by atomic mass is 16.2. The van der Waals surface area contributed by atoms with Crippen LogP contribution in [0.1, 0.15) is 23.1 Å². The van der Waals surface area contributed by atoms with Gasteiger partial charge in [0.05, 0.1) is 29.3 Å². The van der Waals surface area contributed by atoms with Gasteiger partial charge in [-0.3, -0.25) is 9.69 Å². The molecule has 0 saturated carbocycles. The molecule has 124 valence electrons. The summed E-state index contributed by atoms with van der Waals surface area (Å²) in [7, 11) is 1.93. The van der Waals surface area contributed by atoms with Crippen LogP contribution in [0.25, 0.3) is 0 Å². The molecule has 2 aromatic rings. The Bertz CT molecular complexity index is 861. The highest BCUT2D eigenvalue weighted by molar-refractivity contribution is 5.99. The van der Waals surface area contributed by atoms with Crippen molar-refractivity contribution >= 4 is 11.6 Å². The monoisotopic (exact) mass is 330 g/mol. The molecule has 0 spiro atoms. The van der Waals surface area contributed by atoms with Crippen molar-refractivity contribution in [3.63, 3.8) is 0 Å². The van der Waals surface area contributed by atoms with Gasteiger partial charge in [-0.25, -0.2) is 0 Å². The van der Waals surface area contributed by atoms with Crippen LogP contribution in [0.2, 0.25) is 0 Å². The summed E-state index contributed by atoms with van der Waals surface area (Å²) < 4.78 is 0. The molecule has 5 nitrogen and oxygen atoms in total. The highest BCUT2D eigenvalue weighted by Crippen LogP contribution is 2.25. The van der Waals surface area contributed by atoms with Gasteiger partial charge in [-0.2, -0.15) is 10.5 Å². The first kappa shape index (κ1) is 16.7. The zero-order valence-corrected chi connectivity index (χ0v) is 14.0. The van der Waals surface area contributed by atoms with E-state index in [0.717, 1.165) is 17.7 Å². The van der Waals surface area contributed by atoms with E-state index in [-0.39, 0.29) is 11.9 Å². The first-order valence-corrected chi connectivity index (χ1v) is 8.13. The minimum absolute atomic E-state index is 0.0728. The Hall–Kier alpha value is -3.15. The van der Waals surface area contributed by atoms with Crippen molar-refractivity contribution in [2.75, 3.05) is 18.5 Å². The van der Waals surface area contributed by atoms with E-state index in [1.165, 1.54) is 0 Å². The molecular formula is C20H18N4O. The summed E-state index contributed by atoms with van der Waals surface area (Å²) in [6.45, 7) is 1.28.